The molecule has 0 heterocycles. The zero-order valence-electron chi connectivity index (χ0n) is 11.0. The van der Waals surface area contributed by atoms with Crippen molar-refractivity contribution in [3.05, 3.63) is 33.8 Å². The second kappa shape index (κ2) is 7.97. The quantitative estimate of drug-likeness (QED) is 0.847. The van der Waals surface area contributed by atoms with Crippen molar-refractivity contribution < 1.29 is 14.7 Å². The van der Waals surface area contributed by atoms with Gasteiger partial charge in [-0.05, 0) is 31.0 Å². The Kier molecular flexibility index (Phi) is 6.61. The number of hydrogen-bond acceptors (Lipinski definition) is 2. The third kappa shape index (κ3) is 5.27. The third-order valence-electron chi connectivity index (χ3n) is 2.68. The van der Waals surface area contributed by atoms with E-state index in [4.69, 9.17) is 28.3 Å². The van der Waals surface area contributed by atoms with Gasteiger partial charge in [0.05, 0.1) is 0 Å². The van der Waals surface area contributed by atoms with Crippen LogP contribution in [0.1, 0.15) is 12.5 Å². The number of nitrogens with zero attached hydrogens (tertiary/aromatic N) is 1. The molecule has 2 amide bonds. The number of likely N-dealkylation sites (N-methyl/N-ethyl adjacent to an activating group) is 1. The molecule has 0 bridgehead atoms. The van der Waals surface area contributed by atoms with E-state index < -0.39 is 12.0 Å². The fourth-order valence-electron chi connectivity index (χ4n) is 1.63. The summed E-state index contributed by atoms with van der Waals surface area (Å²) in [6.07, 6.45) is 0.548. The molecular formula is C13H16Cl2N2O3. The van der Waals surface area contributed by atoms with Crippen molar-refractivity contribution in [2.24, 2.45) is 0 Å². The summed E-state index contributed by atoms with van der Waals surface area (Å²) in [5, 5.41) is 12.4. The van der Waals surface area contributed by atoms with Gasteiger partial charge in [-0.15, -0.1) is 0 Å². The molecule has 0 aliphatic rings. The minimum absolute atomic E-state index is 0.315. The molecule has 7 heteroatoms. The van der Waals surface area contributed by atoms with Gasteiger partial charge in [0.15, 0.2) is 0 Å². The van der Waals surface area contributed by atoms with Crippen LogP contribution in [0.2, 0.25) is 10.0 Å². The van der Waals surface area contributed by atoms with Gasteiger partial charge >= 0.3 is 12.0 Å². The lowest BCUT2D eigenvalue weighted by Crippen LogP contribution is -2.43. The van der Waals surface area contributed by atoms with Crippen LogP contribution in [0.5, 0.6) is 0 Å². The number of urea groups is 1. The number of carboxylic acids is 1. The molecule has 1 aromatic rings. The molecule has 20 heavy (non-hydrogen) atoms. The average Bonchev–Trinajstić information content (AvgIpc) is 2.38. The number of aliphatic carboxylic acids is 1. The van der Waals surface area contributed by atoms with Crippen LogP contribution in [-0.4, -0.2) is 41.6 Å². The molecule has 0 spiro atoms. The Hall–Kier alpha value is -1.46. The SMILES string of the molecule is CCN(CC(=O)O)C(=O)NCCc1ccc(Cl)cc1Cl. The number of hydrogen-bond donors (Lipinski definition) is 2. The predicted octanol–water partition coefficient (Wildman–Crippen LogP) is 2.65. The summed E-state index contributed by atoms with van der Waals surface area (Å²) in [7, 11) is 0. The lowest BCUT2D eigenvalue weighted by atomic mass is 10.1. The van der Waals surface area contributed by atoms with E-state index in [-0.39, 0.29) is 6.54 Å². The van der Waals surface area contributed by atoms with E-state index in [1.807, 2.05) is 0 Å². The number of carboxylic acid groups (broad SMARTS) is 1. The Morgan fingerprint density at radius 3 is 2.60 bits per heavy atom. The van der Waals surface area contributed by atoms with Gasteiger partial charge in [-0.2, -0.15) is 0 Å². The van der Waals surface area contributed by atoms with Crippen LogP contribution < -0.4 is 5.32 Å². The minimum Gasteiger partial charge on any atom is -0.480 e. The zero-order chi connectivity index (χ0) is 15.1. The number of benzene rings is 1. The van der Waals surface area contributed by atoms with E-state index in [0.717, 1.165) is 5.56 Å². The second-order valence-electron chi connectivity index (χ2n) is 4.13. The van der Waals surface area contributed by atoms with Crippen LogP contribution in [0, 0.1) is 0 Å². The molecule has 0 unspecified atom stereocenters. The van der Waals surface area contributed by atoms with Gasteiger partial charge in [-0.25, -0.2) is 4.79 Å². The first-order valence-corrected chi connectivity index (χ1v) is 6.88. The number of rotatable bonds is 6. The highest BCUT2D eigenvalue weighted by atomic mass is 35.5. The summed E-state index contributed by atoms with van der Waals surface area (Å²) in [5.74, 6) is -1.04. The molecule has 2 N–H and O–H groups in total. The number of nitrogens with one attached hydrogen (secondary N) is 1. The van der Waals surface area contributed by atoms with Crippen LogP contribution in [0.15, 0.2) is 18.2 Å². The van der Waals surface area contributed by atoms with Crippen LogP contribution >= 0.6 is 23.2 Å². The van der Waals surface area contributed by atoms with Crippen LogP contribution in [0.3, 0.4) is 0 Å². The molecule has 0 saturated heterocycles. The first-order valence-electron chi connectivity index (χ1n) is 6.12. The topological polar surface area (TPSA) is 69.6 Å². The Labute approximate surface area is 127 Å². The van der Waals surface area contributed by atoms with E-state index >= 15 is 0 Å². The zero-order valence-corrected chi connectivity index (χ0v) is 12.5. The standard InChI is InChI=1S/C13H16Cl2N2O3/c1-2-17(8-12(18)19)13(20)16-6-5-9-3-4-10(14)7-11(9)15/h3-4,7H,2,5-6,8H2,1H3,(H,16,20)(H,18,19). The molecule has 0 aliphatic heterocycles. The number of carbonyl (C=O) groups excluding carboxylic acids is 1. The highest BCUT2D eigenvalue weighted by Gasteiger charge is 2.14. The molecule has 0 atom stereocenters. The Morgan fingerprint density at radius 1 is 1.35 bits per heavy atom. The largest absolute Gasteiger partial charge is 0.480 e. The van der Waals surface area contributed by atoms with Crippen molar-refractivity contribution in [3.63, 3.8) is 0 Å². The number of carbonyl (C=O) groups is 2. The van der Waals surface area contributed by atoms with Gasteiger partial charge in [0, 0.05) is 23.1 Å². The number of halogens is 2. The van der Waals surface area contributed by atoms with E-state index in [2.05, 4.69) is 5.32 Å². The molecule has 0 aromatic heterocycles. The smallest absolute Gasteiger partial charge is 0.323 e. The fraction of sp³-hybridized carbons (Fsp3) is 0.385. The third-order valence-corrected chi connectivity index (χ3v) is 3.27. The number of amides is 2. The normalized spacial score (nSPS) is 10.2. The highest BCUT2D eigenvalue weighted by Crippen LogP contribution is 2.20. The maximum atomic E-state index is 11.7. The van der Waals surface area contributed by atoms with Crippen LogP contribution in [0.4, 0.5) is 4.79 Å². The monoisotopic (exact) mass is 318 g/mol. The van der Waals surface area contributed by atoms with Crippen molar-refractivity contribution in [1.29, 1.82) is 0 Å². The second-order valence-corrected chi connectivity index (χ2v) is 4.97. The maximum absolute atomic E-state index is 11.7. The molecule has 0 radical (unpaired) electrons. The molecule has 110 valence electrons. The van der Waals surface area contributed by atoms with Crippen molar-refractivity contribution >= 4 is 35.2 Å². The summed E-state index contributed by atoms with van der Waals surface area (Å²) >= 11 is 11.8. The van der Waals surface area contributed by atoms with Crippen molar-refractivity contribution in [1.82, 2.24) is 10.2 Å². The summed E-state index contributed by atoms with van der Waals surface area (Å²) in [6, 6.07) is 4.77. The van der Waals surface area contributed by atoms with Gasteiger partial charge in [0.25, 0.3) is 0 Å². The molecule has 0 aliphatic carbocycles. The lowest BCUT2D eigenvalue weighted by molar-refractivity contribution is -0.137. The summed E-state index contributed by atoms with van der Waals surface area (Å²) in [6.45, 7) is 2.11. The van der Waals surface area contributed by atoms with E-state index in [9.17, 15) is 9.59 Å². The van der Waals surface area contributed by atoms with Crippen molar-refractivity contribution in [3.8, 4) is 0 Å². The summed E-state index contributed by atoms with van der Waals surface area (Å²) in [5.41, 5.74) is 0.873. The minimum atomic E-state index is -1.04. The fourth-order valence-corrected chi connectivity index (χ4v) is 2.13. The van der Waals surface area contributed by atoms with E-state index in [1.165, 1.54) is 4.90 Å². The van der Waals surface area contributed by atoms with Crippen LogP contribution in [-0.2, 0) is 11.2 Å². The van der Waals surface area contributed by atoms with Crippen molar-refractivity contribution in [2.45, 2.75) is 13.3 Å². The van der Waals surface area contributed by atoms with Gasteiger partial charge < -0.3 is 15.3 Å². The van der Waals surface area contributed by atoms with Crippen molar-refractivity contribution in [2.75, 3.05) is 19.6 Å². The Morgan fingerprint density at radius 2 is 2.05 bits per heavy atom. The van der Waals surface area contributed by atoms with E-state index in [1.54, 1.807) is 25.1 Å². The van der Waals surface area contributed by atoms with Gasteiger partial charge in [-0.3, -0.25) is 4.79 Å². The van der Waals surface area contributed by atoms with E-state index in [0.29, 0.717) is 29.6 Å². The maximum Gasteiger partial charge on any atom is 0.323 e. The molecule has 0 saturated carbocycles. The van der Waals surface area contributed by atoms with Gasteiger partial charge in [0.2, 0.25) is 0 Å². The Balaban J connectivity index is 2.46. The molecule has 0 fully saturated rings. The summed E-state index contributed by atoms with van der Waals surface area (Å²) < 4.78 is 0. The average molecular weight is 319 g/mol. The summed E-state index contributed by atoms with van der Waals surface area (Å²) in [4.78, 5) is 23.5. The van der Waals surface area contributed by atoms with Gasteiger partial charge in [0.1, 0.15) is 6.54 Å². The Bertz CT molecular complexity index is 495. The van der Waals surface area contributed by atoms with Crippen LogP contribution in [0.25, 0.3) is 0 Å². The first kappa shape index (κ1) is 16.6. The lowest BCUT2D eigenvalue weighted by Gasteiger charge is -2.19. The molecule has 5 nitrogen and oxygen atoms in total. The molecule has 1 rings (SSSR count). The molecule has 1 aromatic carbocycles. The first-order chi connectivity index (χ1) is 9.43. The van der Waals surface area contributed by atoms with Gasteiger partial charge in [-0.1, -0.05) is 29.3 Å². The predicted molar refractivity (Wildman–Crippen MR) is 78.4 cm³/mol. The molecular weight excluding hydrogens is 303 g/mol. The highest BCUT2D eigenvalue weighted by molar-refractivity contribution is 6.35.